The van der Waals surface area contributed by atoms with Gasteiger partial charge in [0, 0.05) is 5.54 Å². The van der Waals surface area contributed by atoms with Crippen LogP contribution < -0.4 is 4.72 Å². The van der Waals surface area contributed by atoms with Gasteiger partial charge in [0.2, 0.25) is 10.0 Å². The van der Waals surface area contributed by atoms with Crippen LogP contribution in [0.4, 0.5) is 0 Å². The van der Waals surface area contributed by atoms with E-state index in [-0.39, 0.29) is 20.7 Å². The van der Waals surface area contributed by atoms with E-state index in [9.17, 15) is 8.42 Å². The molecule has 1 N–H and O–H groups in total. The lowest BCUT2D eigenvalue weighted by Gasteiger charge is -2.56. The molecule has 0 amide bonds. The van der Waals surface area contributed by atoms with Crippen molar-refractivity contribution >= 4 is 33.2 Å². The van der Waals surface area contributed by atoms with Gasteiger partial charge in [-0.15, -0.1) is 0 Å². The zero-order valence-electron chi connectivity index (χ0n) is 12.1. The second-order valence-corrected chi connectivity index (χ2v) is 9.62. The van der Waals surface area contributed by atoms with Gasteiger partial charge >= 0.3 is 0 Å². The highest BCUT2D eigenvalue weighted by molar-refractivity contribution is 7.89. The molecule has 4 aliphatic carbocycles. The quantitative estimate of drug-likeness (QED) is 0.837. The van der Waals surface area contributed by atoms with Crippen LogP contribution in [0.15, 0.2) is 17.0 Å². The second-order valence-electron chi connectivity index (χ2n) is 7.23. The first kappa shape index (κ1) is 15.2. The molecule has 0 unspecified atom stereocenters. The van der Waals surface area contributed by atoms with Gasteiger partial charge < -0.3 is 0 Å². The van der Waals surface area contributed by atoms with Crippen molar-refractivity contribution in [2.45, 2.75) is 49.0 Å². The number of halogens is 2. The number of sulfonamides is 1. The average molecular weight is 361 g/mol. The molecule has 7 heteroatoms. The normalized spacial score (nSPS) is 36.7. The molecule has 0 saturated heterocycles. The summed E-state index contributed by atoms with van der Waals surface area (Å²) in [5.41, 5.74) is -0.281. The third-order valence-corrected chi connectivity index (χ3v) is 7.68. The summed E-state index contributed by atoms with van der Waals surface area (Å²) in [5, 5.41) is 0.128. The molecule has 22 heavy (non-hydrogen) atoms. The van der Waals surface area contributed by atoms with Crippen LogP contribution in [0, 0.1) is 17.8 Å². The van der Waals surface area contributed by atoms with E-state index in [1.54, 1.807) is 0 Å². The van der Waals surface area contributed by atoms with Crippen molar-refractivity contribution in [3.8, 4) is 0 Å². The molecule has 5 rings (SSSR count). The standard InChI is InChI=1S/C15H18Cl2N2O2S/c16-13-2-1-12(14(17)18-13)22(20,21)19-15-6-9-3-10(7-15)5-11(4-9)8-15/h1-2,9-11,19H,3-8H2. The topological polar surface area (TPSA) is 59.1 Å². The summed E-state index contributed by atoms with van der Waals surface area (Å²) >= 11 is 11.7. The van der Waals surface area contributed by atoms with Gasteiger partial charge in [0.15, 0.2) is 5.15 Å². The van der Waals surface area contributed by atoms with E-state index in [0.29, 0.717) is 17.8 Å². The van der Waals surface area contributed by atoms with Crippen molar-refractivity contribution in [1.29, 1.82) is 0 Å². The number of nitrogens with one attached hydrogen (secondary N) is 1. The Hall–Kier alpha value is -0.360. The van der Waals surface area contributed by atoms with Crippen molar-refractivity contribution in [3.63, 3.8) is 0 Å². The van der Waals surface area contributed by atoms with Gasteiger partial charge in [0.1, 0.15) is 10.0 Å². The SMILES string of the molecule is O=S(=O)(NC12CC3CC(CC(C3)C1)C2)c1ccc(Cl)nc1Cl. The Balaban J connectivity index is 1.65. The smallest absolute Gasteiger partial charge is 0.223 e. The summed E-state index contributed by atoms with van der Waals surface area (Å²) < 4.78 is 28.5. The van der Waals surface area contributed by atoms with E-state index in [0.717, 1.165) is 19.3 Å². The van der Waals surface area contributed by atoms with Crippen molar-refractivity contribution in [2.24, 2.45) is 17.8 Å². The molecule has 0 aromatic carbocycles. The predicted molar refractivity (Wildman–Crippen MR) is 85.5 cm³/mol. The molecule has 0 atom stereocenters. The molecule has 0 aliphatic heterocycles. The summed E-state index contributed by atoms with van der Waals surface area (Å²) in [6, 6.07) is 2.89. The fraction of sp³-hybridized carbons (Fsp3) is 0.667. The maximum absolute atomic E-state index is 12.8. The highest BCUT2D eigenvalue weighted by Crippen LogP contribution is 2.56. The van der Waals surface area contributed by atoms with Crippen LogP contribution in [0.25, 0.3) is 0 Å². The highest BCUT2D eigenvalue weighted by atomic mass is 35.5. The van der Waals surface area contributed by atoms with Crippen LogP contribution in [0.5, 0.6) is 0 Å². The van der Waals surface area contributed by atoms with E-state index < -0.39 is 10.0 Å². The van der Waals surface area contributed by atoms with Gasteiger partial charge in [0.25, 0.3) is 0 Å². The van der Waals surface area contributed by atoms with E-state index >= 15 is 0 Å². The highest BCUT2D eigenvalue weighted by Gasteiger charge is 2.52. The summed E-state index contributed by atoms with van der Waals surface area (Å²) in [6.45, 7) is 0. The third-order valence-electron chi connectivity index (χ3n) is 5.46. The molecule has 1 aromatic heterocycles. The van der Waals surface area contributed by atoms with Crippen LogP contribution in [0.3, 0.4) is 0 Å². The Bertz CT molecular complexity index is 685. The van der Waals surface area contributed by atoms with Crippen molar-refractivity contribution in [1.82, 2.24) is 9.71 Å². The van der Waals surface area contributed by atoms with Crippen LogP contribution >= 0.6 is 23.2 Å². The molecule has 1 heterocycles. The van der Waals surface area contributed by atoms with E-state index in [1.807, 2.05) is 0 Å². The summed E-state index contributed by atoms with van der Waals surface area (Å²) in [6.07, 6.45) is 6.67. The third kappa shape index (κ3) is 2.56. The Morgan fingerprint density at radius 1 is 1.05 bits per heavy atom. The minimum atomic E-state index is -3.67. The Labute approximate surface area is 140 Å². The maximum Gasteiger partial charge on any atom is 0.244 e. The van der Waals surface area contributed by atoms with Crippen LogP contribution in [0.2, 0.25) is 10.3 Å². The van der Waals surface area contributed by atoms with E-state index in [2.05, 4.69) is 9.71 Å². The molecule has 4 fully saturated rings. The van der Waals surface area contributed by atoms with Crippen molar-refractivity contribution < 1.29 is 8.42 Å². The number of hydrogen-bond acceptors (Lipinski definition) is 3. The Kier molecular flexibility index (Phi) is 3.50. The molecule has 120 valence electrons. The van der Waals surface area contributed by atoms with Gasteiger partial charge in [0.05, 0.1) is 0 Å². The molecular formula is C15H18Cl2N2O2S. The molecule has 4 bridgehead atoms. The fourth-order valence-corrected chi connectivity index (χ4v) is 7.27. The number of aromatic nitrogens is 1. The summed E-state index contributed by atoms with van der Waals surface area (Å²) in [5.74, 6) is 2.02. The first-order chi connectivity index (χ1) is 10.4. The number of nitrogens with zero attached hydrogens (tertiary/aromatic N) is 1. The zero-order valence-corrected chi connectivity index (χ0v) is 14.4. The monoisotopic (exact) mass is 360 g/mol. The van der Waals surface area contributed by atoms with Gasteiger partial charge in [-0.2, -0.15) is 0 Å². The maximum atomic E-state index is 12.8. The van der Waals surface area contributed by atoms with Gasteiger partial charge in [-0.05, 0) is 68.4 Å². The van der Waals surface area contributed by atoms with Gasteiger partial charge in [-0.1, -0.05) is 23.2 Å². The molecule has 4 nitrogen and oxygen atoms in total. The summed E-state index contributed by atoms with van der Waals surface area (Å²) in [7, 11) is -3.67. The number of rotatable bonds is 3. The summed E-state index contributed by atoms with van der Waals surface area (Å²) in [4.78, 5) is 3.87. The predicted octanol–water partition coefficient (Wildman–Crippen LogP) is 3.64. The minimum absolute atomic E-state index is 0.0225. The Morgan fingerprint density at radius 2 is 1.59 bits per heavy atom. The fourth-order valence-electron chi connectivity index (χ4n) is 5.18. The molecular weight excluding hydrogens is 343 g/mol. The second kappa shape index (κ2) is 5.07. The Morgan fingerprint density at radius 3 is 2.09 bits per heavy atom. The minimum Gasteiger partial charge on any atom is -0.223 e. The average Bonchev–Trinajstić information content (AvgIpc) is 2.34. The van der Waals surface area contributed by atoms with Crippen molar-refractivity contribution in [3.05, 3.63) is 22.4 Å². The first-order valence-electron chi connectivity index (χ1n) is 7.71. The molecule has 0 radical (unpaired) electrons. The molecule has 4 aliphatic rings. The lowest BCUT2D eigenvalue weighted by Crippen LogP contribution is -2.59. The zero-order chi connectivity index (χ0) is 15.5. The van der Waals surface area contributed by atoms with Crippen molar-refractivity contribution in [2.75, 3.05) is 0 Å². The number of hydrogen-bond donors (Lipinski definition) is 1. The molecule has 0 spiro atoms. The van der Waals surface area contributed by atoms with Crippen LogP contribution in [-0.4, -0.2) is 18.9 Å². The number of pyridine rings is 1. The largest absolute Gasteiger partial charge is 0.244 e. The lowest BCUT2D eigenvalue weighted by molar-refractivity contribution is -0.00810. The van der Waals surface area contributed by atoms with Gasteiger partial charge in [-0.3, -0.25) is 0 Å². The molecule has 4 saturated carbocycles. The van der Waals surface area contributed by atoms with E-state index in [4.69, 9.17) is 23.2 Å². The van der Waals surface area contributed by atoms with E-state index in [1.165, 1.54) is 31.4 Å². The lowest BCUT2D eigenvalue weighted by atomic mass is 9.53. The van der Waals surface area contributed by atoms with Crippen LogP contribution in [-0.2, 0) is 10.0 Å². The first-order valence-corrected chi connectivity index (χ1v) is 9.95. The van der Waals surface area contributed by atoms with Crippen LogP contribution in [0.1, 0.15) is 38.5 Å². The van der Waals surface area contributed by atoms with Gasteiger partial charge in [-0.25, -0.2) is 18.1 Å². The molecule has 1 aromatic rings.